The van der Waals surface area contributed by atoms with Gasteiger partial charge < -0.3 is 19.5 Å². The molecular formula is C33H33F2N5O4. The Labute approximate surface area is 252 Å². The van der Waals surface area contributed by atoms with Gasteiger partial charge in [-0.2, -0.15) is 9.97 Å². The standard InChI is InChI=1S/C33H33F2N5O4/c34-21-16-32(7-3-11-40(32)18-21)19-43-31-37-29-25(30(38-31)39-12-9-33(10-13-39)8-6-26(42)44-33)17-36-28(27(29)35)24-15-22(41)14-20-4-1-2-5-23(20)24/h1-2,4-5,14-15,17,21,41H,3,6-13,16,18-19H2/t21-,32+/m1/s1. The summed E-state index contributed by atoms with van der Waals surface area (Å²) in [7, 11) is 0. The molecule has 1 spiro atoms. The van der Waals surface area contributed by atoms with Gasteiger partial charge in [0.25, 0.3) is 0 Å². The Hall–Kier alpha value is -4.12. The Balaban J connectivity index is 1.21. The van der Waals surface area contributed by atoms with E-state index >= 15 is 4.39 Å². The molecule has 8 rings (SSSR count). The van der Waals surface area contributed by atoms with Crippen molar-refractivity contribution >= 4 is 33.5 Å². The summed E-state index contributed by atoms with van der Waals surface area (Å²) in [6, 6.07) is 10.6. The maximum absolute atomic E-state index is 16.6. The van der Waals surface area contributed by atoms with E-state index in [9.17, 15) is 14.3 Å². The van der Waals surface area contributed by atoms with Gasteiger partial charge in [0.1, 0.15) is 41.2 Å². The molecule has 4 aliphatic heterocycles. The number of fused-ring (bicyclic) bond motifs is 3. The summed E-state index contributed by atoms with van der Waals surface area (Å²) in [6.45, 7) is 2.56. The van der Waals surface area contributed by atoms with Crippen molar-refractivity contribution < 1.29 is 28.2 Å². The van der Waals surface area contributed by atoms with Crippen molar-refractivity contribution in [1.29, 1.82) is 0 Å². The van der Waals surface area contributed by atoms with Crippen LogP contribution in [0.25, 0.3) is 32.9 Å². The Bertz CT molecular complexity index is 1800. The monoisotopic (exact) mass is 601 g/mol. The molecule has 0 unspecified atom stereocenters. The number of pyridine rings is 1. The third-order valence-corrected chi connectivity index (χ3v) is 10.1. The van der Waals surface area contributed by atoms with Crippen molar-refractivity contribution in [3.05, 3.63) is 48.4 Å². The van der Waals surface area contributed by atoms with E-state index in [4.69, 9.17) is 14.5 Å². The molecule has 0 bridgehead atoms. The highest BCUT2D eigenvalue weighted by Gasteiger charge is 2.49. The average molecular weight is 602 g/mol. The second-order valence-electron chi connectivity index (χ2n) is 12.7. The topological polar surface area (TPSA) is 101 Å². The first-order valence-electron chi connectivity index (χ1n) is 15.4. The molecule has 44 heavy (non-hydrogen) atoms. The normalized spacial score (nSPS) is 24.8. The first-order valence-corrected chi connectivity index (χ1v) is 15.4. The summed E-state index contributed by atoms with van der Waals surface area (Å²) in [5, 5.41) is 12.4. The number of phenols is 1. The molecule has 228 valence electrons. The van der Waals surface area contributed by atoms with Gasteiger partial charge >= 0.3 is 12.0 Å². The fourth-order valence-electron chi connectivity index (χ4n) is 7.80. The Morgan fingerprint density at radius 3 is 2.73 bits per heavy atom. The Kier molecular flexibility index (Phi) is 6.37. The number of phenolic OH excluding ortho intramolecular Hbond substituents is 1. The summed E-state index contributed by atoms with van der Waals surface area (Å²) >= 11 is 0. The van der Waals surface area contributed by atoms with E-state index < -0.39 is 23.1 Å². The minimum absolute atomic E-state index is 0.00496. The molecule has 0 aliphatic carbocycles. The quantitative estimate of drug-likeness (QED) is 0.305. The Morgan fingerprint density at radius 2 is 1.91 bits per heavy atom. The number of benzene rings is 2. The molecular weight excluding hydrogens is 568 g/mol. The molecule has 9 nitrogen and oxygen atoms in total. The second kappa shape index (κ2) is 10.2. The molecule has 0 amide bonds. The van der Waals surface area contributed by atoms with Crippen LogP contribution in [0.3, 0.4) is 0 Å². The number of ether oxygens (including phenoxy) is 2. The lowest BCUT2D eigenvalue weighted by Gasteiger charge is -2.38. The number of hydrogen-bond donors (Lipinski definition) is 1. The highest BCUT2D eigenvalue weighted by Crippen LogP contribution is 2.42. The van der Waals surface area contributed by atoms with E-state index in [1.54, 1.807) is 12.3 Å². The van der Waals surface area contributed by atoms with Crippen LogP contribution in [0.2, 0.25) is 0 Å². The number of carbonyl (C=O) groups excluding carboxylic acids is 1. The van der Waals surface area contributed by atoms with E-state index in [2.05, 4.69) is 14.9 Å². The number of aromatic hydroxyl groups is 1. The number of rotatable bonds is 5. The molecule has 11 heteroatoms. The average Bonchev–Trinajstić information content (AvgIpc) is 3.67. The number of halogens is 2. The van der Waals surface area contributed by atoms with Crippen molar-refractivity contribution in [2.45, 2.75) is 62.3 Å². The molecule has 6 heterocycles. The first-order chi connectivity index (χ1) is 21.3. The molecule has 2 atom stereocenters. The van der Waals surface area contributed by atoms with Gasteiger partial charge in [0.15, 0.2) is 5.82 Å². The van der Waals surface area contributed by atoms with Gasteiger partial charge in [0.05, 0.1) is 10.9 Å². The van der Waals surface area contributed by atoms with Crippen LogP contribution in [0.15, 0.2) is 42.6 Å². The molecule has 4 aromatic rings. The fraction of sp³-hybridized carbons (Fsp3) is 0.455. The molecule has 4 aliphatic rings. The number of esters is 1. The van der Waals surface area contributed by atoms with Crippen LogP contribution in [-0.2, 0) is 9.53 Å². The van der Waals surface area contributed by atoms with Crippen LogP contribution >= 0.6 is 0 Å². The zero-order valence-corrected chi connectivity index (χ0v) is 24.3. The third kappa shape index (κ3) is 4.51. The number of aromatic nitrogens is 3. The van der Waals surface area contributed by atoms with Crippen LogP contribution in [0.4, 0.5) is 14.6 Å². The van der Waals surface area contributed by atoms with E-state index in [0.717, 1.165) is 30.2 Å². The maximum atomic E-state index is 16.6. The zero-order chi connectivity index (χ0) is 30.1. The number of anilines is 1. The van der Waals surface area contributed by atoms with Crippen molar-refractivity contribution in [2.75, 3.05) is 37.7 Å². The van der Waals surface area contributed by atoms with Gasteiger partial charge in [-0.05, 0) is 48.7 Å². The van der Waals surface area contributed by atoms with E-state index in [-0.39, 0.29) is 35.5 Å². The lowest BCUT2D eigenvalue weighted by Crippen LogP contribution is -2.45. The van der Waals surface area contributed by atoms with Gasteiger partial charge in [-0.3, -0.25) is 14.7 Å². The fourth-order valence-corrected chi connectivity index (χ4v) is 7.80. The summed E-state index contributed by atoms with van der Waals surface area (Å²) in [6.07, 6.45) is 5.27. The highest BCUT2D eigenvalue weighted by atomic mass is 19.1. The highest BCUT2D eigenvalue weighted by molar-refractivity contribution is 5.99. The van der Waals surface area contributed by atoms with E-state index in [1.807, 2.05) is 29.2 Å². The predicted octanol–water partition coefficient (Wildman–Crippen LogP) is 5.32. The number of alkyl halides is 1. The van der Waals surface area contributed by atoms with Crippen LogP contribution in [-0.4, -0.2) is 81.0 Å². The zero-order valence-electron chi connectivity index (χ0n) is 24.3. The van der Waals surface area contributed by atoms with Gasteiger partial charge in [-0.25, -0.2) is 8.78 Å². The second-order valence-corrected chi connectivity index (χ2v) is 12.7. The lowest BCUT2D eigenvalue weighted by molar-refractivity contribution is -0.149. The summed E-state index contributed by atoms with van der Waals surface area (Å²) < 4.78 is 43.0. The number of hydrogen-bond acceptors (Lipinski definition) is 9. The third-order valence-electron chi connectivity index (χ3n) is 10.1. The minimum atomic E-state index is -0.902. The molecule has 4 saturated heterocycles. The molecule has 0 saturated carbocycles. The van der Waals surface area contributed by atoms with E-state index in [1.165, 1.54) is 6.07 Å². The Morgan fingerprint density at radius 1 is 1.07 bits per heavy atom. The minimum Gasteiger partial charge on any atom is -0.508 e. The van der Waals surface area contributed by atoms with E-state index in [0.29, 0.717) is 68.5 Å². The van der Waals surface area contributed by atoms with Gasteiger partial charge in [-0.15, -0.1) is 0 Å². The molecule has 1 N–H and O–H groups in total. The summed E-state index contributed by atoms with van der Waals surface area (Å²) in [5.74, 6) is -0.304. The smallest absolute Gasteiger partial charge is 0.319 e. The summed E-state index contributed by atoms with van der Waals surface area (Å²) in [5.41, 5.74) is -0.299. The van der Waals surface area contributed by atoms with Gasteiger partial charge in [-0.1, -0.05) is 24.3 Å². The predicted molar refractivity (Wildman–Crippen MR) is 160 cm³/mol. The van der Waals surface area contributed by atoms with Crippen LogP contribution in [0.1, 0.15) is 44.9 Å². The molecule has 0 radical (unpaired) electrons. The molecule has 4 fully saturated rings. The van der Waals surface area contributed by atoms with Crippen LogP contribution < -0.4 is 9.64 Å². The first kappa shape index (κ1) is 27.4. The van der Waals surface area contributed by atoms with Crippen molar-refractivity contribution in [2.24, 2.45) is 0 Å². The molecule has 2 aromatic heterocycles. The number of nitrogens with zero attached hydrogens (tertiary/aromatic N) is 5. The van der Waals surface area contributed by atoms with Crippen molar-refractivity contribution in [3.63, 3.8) is 0 Å². The van der Waals surface area contributed by atoms with Crippen LogP contribution in [0.5, 0.6) is 11.8 Å². The summed E-state index contributed by atoms with van der Waals surface area (Å²) in [4.78, 5) is 30.0. The maximum Gasteiger partial charge on any atom is 0.319 e. The van der Waals surface area contributed by atoms with Crippen molar-refractivity contribution in [3.8, 4) is 23.0 Å². The van der Waals surface area contributed by atoms with Crippen LogP contribution in [0, 0.1) is 5.82 Å². The largest absolute Gasteiger partial charge is 0.508 e. The van der Waals surface area contributed by atoms with Crippen molar-refractivity contribution in [1.82, 2.24) is 19.9 Å². The van der Waals surface area contributed by atoms with Gasteiger partial charge in [0.2, 0.25) is 0 Å². The molecule has 2 aromatic carbocycles. The van der Waals surface area contributed by atoms with Gasteiger partial charge in [0, 0.05) is 57.1 Å². The SMILES string of the molecule is O=C1CCC2(CCN(c3nc(OC[C@@]45CCCN4C[C@H](F)C5)nc4c(F)c(-c5cc(O)cc6ccccc56)ncc34)CC2)O1. The number of piperidine rings is 1. The number of carbonyl (C=O) groups is 1. The lowest BCUT2D eigenvalue weighted by atomic mass is 9.88.